The monoisotopic (exact) mass is 269 g/mol. The molecule has 1 aromatic carbocycles. The first-order chi connectivity index (χ1) is 9.29. The minimum atomic E-state index is -0.726. The van der Waals surface area contributed by atoms with E-state index in [0.717, 1.165) is 21.8 Å². The highest BCUT2D eigenvalue weighted by molar-refractivity contribution is 7.12. The van der Waals surface area contributed by atoms with E-state index in [1.165, 1.54) is 0 Å². The van der Waals surface area contributed by atoms with Gasteiger partial charge >= 0.3 is 0 Å². The Bertz CT molecular complexity index is 692. The number of nitrogens with zero attached hydrogens (tertiary/aromatic N) is 1. The first-order valence-electron chi connectivity index (χ1n) is 6.08. The van der Waals surface area contributed by atoms with E-state index >= 15 is 0 Å². The Hall–Kier alpha value is -2.14. The summed E-state index contributed by atoms with van der Waals surface area (Å²) in [5, 5.41) is 9.32. The lowest BCUT2D eigenvalue weighted by Gasteiger charge is -2.20. The van der Waals surface area contributed by atoms with Crippen LogP contribution in [0.4, 0.5) is 5.69 Å². The van der Waals surface area contributed by atoms with Crippen LogP contribution in [0.3, 0.4) is 0 Å². The molecule has 4 nitrogen and oxygen atoms in total. The summed E-state index contributed by atoms with van der Waals surface area (Å²) in [6, 6.07) is 11.8. The summed E-state index contributed by atoms with van der Waals surface area (Å²) >= 11 is 1.64. The molecule has 2 aromatic rings. The van der Waals surface area contributed by atoms with E-state index in [2.05, 4.69) is 15.8 Å². The number of amides is 1. The molecule has 0 saturated carbocycles. The largest absolute Gasteiger partial charge is 0.323 e. The molecule has 0 aliphatic carbocycles. The van der Waals surface area contributed by atoms with Gasteiger partial charge in [0.1, 0.15) is 0 Å². The summed E-state index contributed by atoms with van der Waals surface area (Å²) in [6.45, 7) is 0. The van der Waals surface area contributed by atoms with Gasteiger partial charge in [0.25, 0.3) is 5.91 Å². The highest BCUT2D eigenvalue weighted by Crippen LogP contribution is 2.41. The summed E-state index contributed by atoms with van der Waals surface area (Å²) in [5.41, 5.74) is 5.14. The van der Waals surface area contributed by atoms with E-state index in [1.807, 2.05) is 41.8 Å². The zero-order valence-electron chi connectivity index (χ0n) is 10.0. The third-order valence-electron chi connectivity index (χ3n) is 3.64. The van der Waals surface area contributed by atoms with Crippen molar-refractivity contribution in [1.29, 1.82) is 0 Å². The van der Waals surface area contributed by atoms with Gasteiger partial charge in [-0.15, -0.1) is 11.3 Å². The SMILES string of the molecule is O=C1Nc2ccccc2[C@]12CC(c1cccs1)=NN2. The van der Waals surface area contributed by atoms with Gasteiger partial charge in [-0.2, -0.15) is 5.10 Å². The van der Waals surface area contributed by atoms with Gasteiger partial charge in [-0.3, -0.25) is 10.2 Å². The maximum Gasteiger partial charge on any atom is 0.256 e. The molecule has 0 saturated heterocycles. The van der Waals surface area contributed by atoms with Gasteiger partial charge in [0.15, 0.2) is 5.54 Å². The van der Waals surface area contributed by atoms with E-state index in [4.69, 9.17) is 0 Å². The van der Waals surface area contributed by atoms with Crippen LogP contribution < -0.4 is 10.7 Å². The molecule has 19 heavy (non-hydrogen) atoms. The lowest BCUT2D eigenvalue weighted by atomic mass is 9.87. The second kappa shape index (κ2) is 3.68. The summed E-state index contributed by atoms with van der Waals surface area (Å²) < 4.78 is 0. The van der Waals surface area contributed by atoms with Gasteiger partial charge in [-0.05, 0) is 17.5 Å². The van der Waals surface area contributed by atoms with Crippen LogP contribution in [-0.2, 0) is 10.3 Å². The second-order valence-electron chi connectivity index (χ2n) is 4.73. The van der Waals surface area contributed by atoms with E-state index in [1.54, 1.807) is 11.3 Å². The quantitative estimate of drug-likeness (QED) is 0.834. The number of thiophene rings is 1. The number of para-hydroxylation sites is 1. The fraction of sp³-hybridized carbons (Fsp3) is 0.143. The molecule has 1 atom stereocenters. The number of hydrogen-bond acceptors (Lipinski definition) is 4. The van der Waals surface area contributed by atoms with Crippen molar-refractivity contribution < 1.29 is 4.79 Å². The minimum Gasteiger partial charge on any atom is -0.323 e. The number of hydrazone groups is 1. The van der Waals surface area contributed by atoms with Crippen LogP contribution in [0.5, 0.6) is 0 Å². The Kier molecular flexibility index (Phi) is 2.08. The molecule has 2 aliphatic rings. The molecule has 4 rings (SSSR count). The van der Waals surface area contributed by atoms with Gasteiger partial charge in [0.2, 0.25) is 0 Å². The fourth-order valence-electron chi connectivity index (χ4n) is 2.68. The number of hydrogen-bond donors (Lipinski definition) is 2. The summed E-state index contributed by atoms with van der Waals surface area (Å²) in [5.74, 6) is -0.0241. The average Bonchev–Trinajstić information content (AvgIpc) is 3.13. The van der Waals surface area contributed by atoms with Gasteiger partial charge in [-0.1, -0.05) is 24.3 Å². The van der Waals surface area contributed by atoms with E-state index < -0.39 is 5.54 Å². The normalized spacial score (nSPS) is 24.0. The number of carbonyl (C=O) groups is 1. The number of rotatable bonds is 1. The van der Waals surface area contributed by atoms with E-state index in [0.29, 0.717) is 6.42 Å². The second-order valence-corrected chi connectivity index (χ2v) is 5.68. The van der Waals surface area contributed by atoms with Gasteiger partial charge in [0.05, 0.1) is 10.6 Å². The minimum absolute atomic E-state index is 0.0241. The van der Waals surface area contributed by atoms with Gasteiger partial charge in [0, 0.05) is 17.7 Å². The molecule has 3 heterocycles. The molecule has 2 N–H and O–H groups in total. The van der Waals surface area contributed by atoms with Crippen LogP contribution in [0.2, 0.25) is 0 Å². The molecule has 1 amide bonds. The van der Waals surface area contributed by atoms with Crippen molar-refractivity contribution in [2.45, 2.75) is 12.0 Å². The topological polar surface area (TPSA) is 53.5 Å². The Balaban J connectivity index is 1.76. The van der Waals surface area contributed by atoms with Crippen LogP contribution in [0.1, 0.15) is 16.9 Å². The smallest absolute Gasteiger partial charge is 0.256 e. The van der Waals surface area contributed by atoms with Crippen molar-refractivity contribution in [3.05, 3.63) is 52.2 Å². The van der Waals surface area contributed by atoms with Crippen LogP contribution in [0.15, 0.2) is 46.9 Å². The molecular formula is C14H11N3OS. The average molecular weight is 269 g/mol. The molecule has 0 unspecified atom stereocenters. The number of anilines is 1. The third-order valence-corrected chi connectivity index (χ3v) is 4.56. The Morgan fingerprint density at radius 1 is 1.21 bits per heavy atom. The molecule has 0 radical (unpaired) electrons. The lowest BCUT2D eigenvalue weighted by Crippen LogP contribution is -2.42. The standard InChI is InChI=1S/C14H11N3OS/c18-13-14(9-4-1-2-5-10(9)15-13)8-11(16-17-14)12-6-3-7-19-12/h1-7,17H,8H2,(H,15,18)/t14-/m1/s1. The summed E-state index contributed by atoms with van der Waals surface area (Å²) in [4.78, 5) is 13.4. The fourth-order valence-corrected chi connectivity index (χ4v) is 3.39. The van der Waals surface area contributed by atoms with E-state index in [9.17, 15) is 4.79 Å². The Morgan fingerprint density at radius 3 is 2.95 bits per heavy atom. The maximum atomic E-state index is 12.3. The van der Waals surface area contributed by atoms with Crippen molar-refractivity contribution in [3.8, 4) is 0 Å². The molecule has 1 aromatic heterocycles. The van der Waals surface area contributed by atoms with Crippen molar-refractivity contribution in [3.63, 3.8) is 0 Å². The molecule has 0 fully saturated rings. The molecule has 0 bridgehead atoms. The first-order valence-corrected chi connectivity index (χ1v) is 6.96. The third kappa shape index (κ3) is 1.39. The summed E-state index contributed by atoms with van der Waals surface area (Å²) in [6.07, 6.45) is 0.594. The highest BCUT2D eigenvalue weighted by atomic mass is 32.1. The predicted octanol–water partition coefficient (Wildman–Crippen LogP) is 2.29. The number of benzene rings is 1. The van der Waals surface area contributed by atoms with Crippen molar-refractivity contribution in [1.82, 2.24) is 5.43 Å². The Morgan fingerprint density at radius 2 is 2.11 bits per heavy atom. The van der Waals surface area contributed by atoms with Crippen molar-refractivity contribution in [2.75, 3.05) is 5.32 Å². The first kappa shape index (κ1) is 10.8. The van der Waals surface area contributed by atoms with Crippen LogP contribution in [-0.4, -0.2) is 11.6 Å². The van der Waals surface area contributed by atoms with E-state index in [-0.39, 0.29) is 5.91 Å². The zero-order chi connectivity index (χ0) is 12.9. The predicted molar refractivity (Wildman–Crippen MR) is 75.4 cm³/mol. The van der Waals surface area contributed by atoms with Crippen LogP contribution in [0, 0.1) is 0 Å². The summed E-state index contributed by atoms with van der Waals surface area (Å²) in [7, 11) is 0. The molecular weight excluding hydrogens is 258 g/mol. The van der Waals surface area contributed by atoms with Gasteiger partial charge in [-0.25, -0.2) is 0 Å². The zero-order valence-corrected chi connectivity index (χ0v) is 10.8. The van der Waals surface area contributed by atoms with Gasteiger partial charge < -0.3 is 5.32 Å². The number of carbonyl (C=O) groups excluding carboxylic acids is 1. The number of fused-ring (bicyclic) bond motifs is 2. The molecule has 1 spiro atoms. The molecule has 94 valence electrons. The van der Waals surface area contributed by atoms with Crippen LogP contribution in [0.25, 0.3) is 0 Å². The Labute approximate surface area is 114 Å². The van der Waals surface area contributed by atoms with Crippen molar-refractivity contribution >= 4 is 28.6 Å². The lowest BCUT2D eigenvalue weighted by molar-refractivity contribution is -0.121. The van der Waals surface area contributed by atoms with Crippen LogP contribution >= 0.6 is 11.3 Å². The maximum absolute atomic E-state index is 12.3. The highest BCUT2D eigenvalue weighted by Gasteiger charge is 2.50. The number of nitrogens with one attached hydrogen (secondary N) is 2. The molecule has 5 heteroatoms. The molecule has 2 aliphatic heterocycles. The van der Waals surface area contributed by atoms with Crippen molar-refractivity contribution in [2.24, 2.45) is 5.10 Å².